The fraction of sp³-hybridized carbons (Fsp3) is 0.545. The van der Waals surface area contributed by atoms with Crippen LogP contribution in [0.2, 0.25) is 0 Å². The van der Waals surface area contributed by atoms with Crippen LogP contribution < -0.4 is 18.9 Å². The molecule has 0 unspecified atom stereocenters. The zero-order valence-corrected chi connectivity index (χ0v) is 9.76. The van der Waals surface area contributed by atoms with Gasteiger partial charge in [0.05, 0.1) is 17.9 Å². The zero-order chi connectivity index (χ0) is 10.2. The fourth-order valence-corrected chi connectivity index (χ4v) is 1.32. The van der Waals surface area contributed by atoms with Gasteiger partial charge in [-0.1, -0.05) is 6.92 Å². The molecule has 0 aliphatic carbocycles. The quantitative estimate of drug-likeness (QED) is 0.462. The monoisotopic (exact) mass is 199 g/mol. The predicted octanol–water partition coefficient (Wildman–Crippen LogP) is -0.798. The zero-order valence-electron chi connectivity index (χ0n) is 9.76. The molecule has 3 nitrogen and oxygen atoms in total. The third-order valence-electron chi connectivity index (χ3n) is 2.11. The molecule has 2 rings (SSSR count). The Morgan fingerprint density at radius 3 is 2.73 bits per heavy atom. The second-order valence-electron chi connectivity index (χ2n) is 4.06. The summed E-state index contributed by atoms with van der Waals surface area (Å²) in [6.45, 7) is 6.71. The van der Waals surface area contributed by atoms with Crippen LogP contribution in [-0.2, 0) is 11.2 Å². The Morgan fingerprint density at radius 2 is 2.27 bits per heavy atom. The standard InChI is InChI=1S/C11H14NO2.Li/c1-4-8-5-6-9(14-8)10-12-11(2,3)7-13-10;/h5H,4,7H2,1-3H3;/q-1;+1. The number of hydrogen-bond acceptors (Lipinski definition) is 3. The second-order valence-corrected chi connectivity index (χ2v) is 4.06. The second kappa shape index (κ2) is 4.47. The van der Waals surface area contributed by atoms with Crippen molar-refractivity contribution < 1.29 is 28.0 Å². The van der Waals surface area contributed by atoms with Gasteiger partial charge in [0.1, 0.15) is 5.90 Å². The maximum absolute atomic E-state index is 5.50. The molecule has 0 radical (unpaired) electrons. The normalized spacial score (nSPS) is 17.9. The summed E-state index contributed by atoms with van der Waals surface area (Å²) >= 11 is 0. The molecule has 1 aromatic rings. The summed E-state index contributed by atoms with van der Waals surface area (Å²) in [5.41, 5.74) is -0.137. The Labute approximate surface area is 102 Å². The van der Waals surface area contributed by atoms with Crippen LogP contribution in [0.15, 0.2) is 15.5 Å². The van der Waals surface area contributed by atoms with Crippen LogP contribution in [0, 0.1) is 6.07 Å². The first-order valence-corrected chi connectivity index (χ1v) is 4.84. The largest absolute Gasteiger partial charge is 1.00 e. The average molecular weight is 199 g/mol. The van der Waals surface area contributed by atoms with E-state index in [1.165, 1.54) is 0 Å². The summed E-state index contributed by atoms with van der Waals surface area (Å²) in [4.78, 5) is 4.41. The molecule has 76 valence electrons. The molecule has 0 atom stereocenters. The smallest absolute Gasteiger partial charge is 0.539 e. The fourth-order valence-electron chi connectivity index (χ4n) is 1.32. The van der Waals surface area contributed by atoms with Crippen LogP contribution in [0.4, 0.5) is 0 Å². The van der Waals surface area contributed by atoms with Crippen LogP contribution in [-0.4, -0.2) is 18.0 Å². The third kappa shape index (κ3) is 2.67. The van der Waals surface area contributed by atoms with Crippen molar-refractivity contribution in [3.05, 3.63) is 23.7 Å². The molecule has 2 heterocycles. The van der Waals surface area contributed by atoms with Crippen molar-refractivity contribution in [1.82, 2.24) is 0 Å². The summed E-state index contributed by atoms with van der Waals surface area (Å²) in [5.74, 6) is 2.11. The predicted molar refractivity (Wildman–Crippen MR) is 53.5 cm³/mol. The Bertz CT molecular complexity index is 368. The molecule has 15 heavy (non-hydrogen) atoms. The van der Waals surface area contributed by atoms with Crippen molar-refractivity contribution in [2.45, 2.75) is 32.7 Å². The maximum atomic E-state index is 5.50. The average Bonchev–Trinajstić information content (AvgIpc) is 2.70. The van der Waals surface area contributed by atoms with Gasteiger partial charge < -0.3 is 14.1 Å². The molecule has 0 fully saturated rings. The SMILES string of the molecule is CCc1c[c-]c(C2=NC(C)(C)CO2)o1.[Li+]. The van der Waals surface area contributed by atoms with E-state index in [1.807, 2.05) is 26.8 Å². The van der Waals surface area contributed by atoms with Crippen molar-refractivity contribution in [1.29, 1.82) is 0 Å². The minimum Gasteiger partial charge on any atom is -0.539 e. The van der Waals surface area contributed by atoms with Crippen LogP contribution in [0.25, 0.3) is 0 Å². The van der Waals surface area contributed by atoms with Gasteiger partial charge in [-0.25, -0.2) is 0 Å². The van der Waals surface area contributed by atoms with Crippen molar-refractivity contribution in [3.63, 3.8) is 0 Å². The van der Waals surface area contributed by atoms with Crippen molar-refractivity contribution in [2.24, 2.45) is 4.99 Å². The van der Waals surface area contributed by atoms with E-state index in [4.69, 9.17) is 9.15 Å². The molecule has 0 N–H and O–H groups in total. The third-order valence-corrected chi connectivity index (χ3v) is 2.11. The Kier molecular flexibility index (Phi) is 3.70. The van der Waals surface area contributed by atoms with Crippen LogP contribution in [0.3, 0.4) is 0 Å². The molecule has 0 spiro atoms. The minimum atomic E-state index is -0.137. The van der Waals surface area contributed by atoms with E-state index >= 15 is 0 Å². The molecule has 0 aromatic carbocycles. The van der Waals surface area contributed by atoms with E-state index in [9.17, 15) is 0 Å². The Hall–Kier alpha value is -0.653. The molecule has 0 amide bonds. The van der Waals surface area contributed by atoms with E-state index in [-0.39, 0.29) is 24.4 Å². The first-order chi connectivity index (χ1) is 6.61. The molecule has 1 aromatic heterocycles. The number of nitrogens with zero attached hydrogens (tertiary/aromatic N) is 1. The number of aliphatic imine (C=N–C) groups is 1. The summed E-state index contributed by atoms with van der Waals surface area (Å²) < 4.78 is 10.9. The molecular formula is C11H14LiNO2. The van der Waals surface area contributed by atoms with Crippen LogP contribution >= 0.6 is 0 Å². The van der Waals surface area contributed by atoms with Crippen molar-refractivity contribution in [3.8, 4) is 0 Å². The van der Waals surface area contributed by atoms with Gasteiger partial charge in [0.15, 0.2) is 0 Å². The van der Waals surface area contributed by atoms with E-state index in [2.05, 4.69) is 11.1 Å². The molecule has 0 bridgehead atoms. The van der Waals surface area contributed by atoms with Crippen LogP contribution in [0.5, 0.6) is 0 Å². The van der Waals surface area contributed by atoms with E-state index in [1.54, 1.807) is 0 Å². The van der Waals surface area contributed by atoms with Gasteiger partial charge in [0.25, 0.3) is 0 Å². The minimum absolute atomic E-state index is 0. The first-order valence-electron chi connectivity index (χ1n) is 4.84. The number of rotatable bonds is 2. The Balaban J connectivity index is 0.00000112. The van der Waals surface area contributed by atoms with Gasteiger partial charge in [-0.15, -0.1) is 12.1 Å². The van der Waals surface area contributed by atoms with E-state index in [0.717, 1.165) is 12.2 Å². The van der Waals surface area contributed by atoms with Crippen molar-refractivity contribution in [2.75, 3.05) is 6.61 Å². The number of furan rings is 1. The number of ether oxygens (including phenoxy) is 1. The molecule has 1 aliphatic rings. The number of hydrogen-bond donors (Lipinski definition) is 0. The topological polar surface area (TPSA) is 34.7 Å². The first kappa shape index (κ1) is 12.4. The summed E-state index contributed by atoms with van der Waals surface area (Å²) in [7, 11) is 0. The van der Waals surface area contributed by atoms with Gasteiger partial charge in [0.2, 0.25) is 0 Å². The molecule has 0 saturated carbocycles. The van der Waals surface area contributed by atoms with Crippen LogP contribution in [0.1, 0.15) is 32.3 Å². The van der Waals surface area contributed by atoms with E-state index < -0.39 is 0 Å². The van der Waals surface area contributed by atoms with Gasteiger partial charge in [0, 0.05) is 5.76 Å². The summed E-state index contributed by atoms with van der Waals surface area (Å²) in [6, 6.07) is 4.85. The van der Waals surface area contributed by atoms with Gasteiger partial charge in [-0.2, -0.15) is 0 Å². The van der Waals surface area contributed by atoms with Gasteiger partial charge in [-0.05, 0) is 20.3 Å². The van der Waals surface area contributed by atoms with Gasteiger partial charge in [-0.3, -0.25) is 0 Å². The molecular weight excluding hydrogens is 185 g/mol. The van der Waals surface area contributed by atoms with Gasteiger partial charge >= 0.3 is 18.9 Å². The Morgan fingerprint density at radius 1 is 1.53 bits per heavy atom. The number of aryl methyl sites for hydroxylation is 1. The summed E-state index contributed by atoms with van der Waals surface area (Å²) in [6.07, 6.45) is 0.868. The van der Waals surface area contributed by atoms with Crippen molar-refractivity contribution >= 4 is 5.90 Å². The maximum Gasteiger partial charge on any atom is 1.00 e. The molecule has 1 aliphatic heterocycles. The summed E-state index contributed by atoms with van der Waals surface area (Å²) in [5, 5.41) is 0. The molecule has 0 saturated heterocycles. The van der Waals surface area contributed by atoms with E-state index in [0.29, 0.717) is 18.3 Å². The molecule has 4 heteroatoms.